The molecule has 0 unspecified atom stereocenters. The largest absolute Gasteiger partial charge is 0.384 e. The van der Waals surface area contributed by atoms with Crippen LogP contribution in [0, 0.1) is 5.92 Å². The van der Waals surface area contributed by atoms with Crippen molar-refractivity contribution in [2.45, 2.75) is 20.3 Å². The molecule has 4 nitrogen and oxygen atoms in total. The van der Waals surface area contributed by atoms with Crippen LogP contribution < -0.4 is 10.6 Å². The van der Waals surface area contributed by atoms with Crippen molar-refractivity contribution < 1.29 is 4.79 Å². The molecule has 0 saturated heterocycles. The quantitative estimate of drug-likeness (QED) is 0.761. The molecule has 0 saturated carbocycles. The van der Waals surface area contributed by atoms with E-state index in [1.807, 2.05) is 0 Å². The van der Waals surface area contributed by atoms with Crippen molar-refractivity contribution in [2.24, 2.45) is 5.92 Å². The normalized spacial score (nSPS) is 10.7. The maximum atomic E-state index is 12.3. The van der Waals surface area contributed by atoms with E-state index in [9.17, 15) is 4.79 Å². The van der Waals surface area contributed by atoms with Gasteiger partial charge in [0.25, 0.3) is 5.91 Å². The van der Waals surface area contributed by atoms with E-state index >= 15 is 0 Å². The second kappa shape index (κ2) is 8.18. The molecule has 0 atom stereocenters. The van der Waals surface area contributed by atoms with Gasteiger partial charge in [-0.05, 0) is 30.5 Å². The predicted molar refractivity (Wildman–Crippen MR) is 96.6 cm³/mol. The number of pyridine rings is 1. The van der Waals surface area contributed by atoms with Crippen molar-refractivity contribution >= 4 is 40.5 Å². The van der Waals surface area contributed by atoms with Gasteiger partial charge in [0.2, 0.25) is 0 Å². The number of rotatable bonds is 6. The second-order valence-corrected chi connectivity index (χ2v) is 6.41. The first-order chi connectivity index (χ1) is 11.0. The molecule has 122 valence electrons. The summed E-state index contributed by atoms with van der Waals surface area (Å²) in [6.45, 7) is 5.17. The van der Waals surface area contributed by atoms with Gasteiger partial charge in [-0.2, -0.15) is 0 Å². The fraction of sp³-hybridized carbons (Fsp3) is 0.294. The van der Waals surface area contributed by atoms with E-state index in [-0.39, 0.29) is 5.91 Å². The molecule has 0 aliphatic rings. The number of amides is 1. The van der Waals surface area contributed by atoms with Crippen LogP contribution in [0.2, 0.25) is 10.0 Å². The van der Waals surface area contributed by atoms with Gasteiger partial charge >= 0.3 is 0 Å². The maximum Gasteiger partial charge on any atom is 0.257 e. The van der Waals surface area contributed by atoms with Crippen LogP contribution in [0.4, 0.5) is 11.4 Å². The molecule has 0 radical (unpaired) electrons. The minimum Gasteiger partial charge on any atom is -0.384 e. The Morgan fingerprint density at radius 2 is 2.04 bits per heavy atom. The summed E-state index contributed by atoms with van der Waals surface area (Å²) in [6.07, 6.45) is 4.26. The third-order valence-electron chi connectivity index (χ3n) is 3.25. The number of benzene rings is 1. The van der Waals surface area contributed by atoms with Gasteiger partial charge < -0.3 is 10.6 Å². The van der Waals surface area contributed by atoms with Crippen LogP contribution in [0.25, 0.3) is 0 Å². The Morgan fingerprint density at radius 3 is 2.78 bits per heavy atom. The molecule has 23 heavy (non-hydrogen) atoms. The molecule has 2 N–H and O–H groups in total. The lowest BCUT2D eigenvalue weighted by atomic mass is 10.1. The number of halogens is 2. The van der Waals surface area contributed by atoms with Gasteiger partial charge in [-0.1, -0.05) is 43.1 Å². The summed E-state index contributed by atoms with van der Waals surface area (Å²) in [5, 5.41) is 6.73. The highest BCUT2D eigenvalue weighted by atomic mass is 35.5. The summed E-state index contributed by atoms with van der Waals surface area (Å²) >= 11 is 12.0. The average Bonchev–Trinajstić information content (AvgIpc) is 2.52. The van der Waals surface area contributed by atoms with Crippen LogP contribution in [0.3, 0.4) is 0 Å². The van der Waals surface area contributed by atoms with E-state index in [4.69, 9.17) is 23.2 Å². The van der Waals surface area contributed by atoms with Gasteiger partial charge in [0.05, 0.1) is 27.0 Å². The third kappa shape index (κ3) is 5.12. The van der Waals surface area contributed by atoms with Gasteiger partial charge in [0.15, 0.2) is 0 Å². The molecule has 0 aliphatic heterocycles. The van der Waals surface area contributed by atoms with Crippen LogP contribution >= 0.6 is 23.2 Å². The van der Waals surface area contributed by atoms with Gasteiger partial charge in [0, 0.05) is 18.9 Å². The zero-order valence-corrected chi connectivity index (χ0v) is 14.6. The van der Waals surface area contributed by atoms with Crippen LogP contribution in [0.1, 0.15) is 30.6 Å². The Bertz CT molecular complexity index is 689. The maximum absolute atomic E-state index is 12.3. The lowest BCUT2D eigenvalue weighted by molar-refractivity contribution is 0.102. The number of nitrogens with one attached hydrogen (secondary N) is 2. The molecule has 0 fully saturated rings. The summed E-state index contributed by atoms with van der Waals surface area (Å²) in [5.41, 5.74) is 1.74. The molecule has 2 aromatic rings. The molecule has 0 aliphatic carbocycles. The number of aromatic nitrogens is 1. The SMILES string of the molecule is CC(C)CCNc1cncc(C(=O)Nc2cccc(Cl)c2Cl)c1. The van der Waals surface area contributed by atoms with Gasteiger partial charge in [-0.15, -0.1) is 0 Å². The van der Waals surface area contributed by atoms with E-state index in [0.29, 0.717) is 27.2 Å². The lowest BCUT2D eigenvalue weighted by Gasteiger charge is -2.10. The van der Waals surface area contributed by atoms with Gasteiger partial charge in [-0.3, -0.25) is 9.78 Å². The standard InChI is InChI=1S/C17H19Cl2N3O/c1-11(2)6-7-21-13-8-12(9-20-10-13)17(23)22-15-5-3-4-14(18)16(15)19/h3-5,8-11,21H,6-7H2,1-2H3,(H,22,23). The van der Waals surface area contributed by atoms with Crippen molar-refractivity contribution in [1.82, 2.24) is 4.98 Å². The molecule has 6 heteroatoms. The predicted octanol–water partition coefficient (Wildman–Crippen LogP) is 5.10. The van der Waals surface area contributed by atoms with Crippen LogP contribution in [0.5, 0.6) is 0 Å². The Labute approximate surface area is 146 Å². The summed E-state index contributed by atoms with van der Waals surface area (Å²) in [4.78, 5) is 16.4. The minimum atomic E-state index is -0.283. The number of hydrogen-bond acceptors (Lipinski definition) is 3. The van der Waals surface area contributed by atoms with Crippen molar-refractivity contribution in [3.63, 3.8) is 0 Å². The first-order valence-electron chi connectivity index (χ1n) is 7.41. The van der Waals surface area contributed by atoms with Crippen LogP contribution in [0.15, 0.2) is 36.7 Å². The van der Waals surface area contributed by atoms with Crippen molar-refractivity contribution in [2.75, 3.05) is 17.2 Å². The molecule has 0 spiro atoms. The number of anilines is 2. The Morgan fingerprint density at radius 1 is 1.26 bits per heavy atom. The number of carbonyl (C=O) groups is 1. The van der Waals surface area contributed by atoms with Gasteiger partial charge in [0.1, 0.15) is 0 Å². The highest BCUT2D eigenvalue weighted by molar-refractivity contribution is 6.44. The molecule has 0 bridgehead atoms. The van der Waals surface area contributed by atoms with Crippen molar-refractivity contribution in [3.8, 4) is 0 Å². The first kappa shape index (κ1) is 17.6. The molecule has 1 aromatic carbocycles. The highest BCUT2D eigenvalue weighted by Gasteiger charge is 2.11. The molecule has 2 rings (SSSR count). The fourth-order valence-corrected chi connectivity index (χ4v) is 2.31. The monoisotopic (exact) mass is 351 g/mol. The highest BCUT2D eigenvalue weighted by Crippen LogP contribution is 2.29. The molecular formula is C17H19Cl2N3O. The number of nitrogens with zero attached hydrogens (tertiary/aromatic N) is 1. The Kier molecular flexibility index (Phi) is 6.25. The van der Waals surface area contributed by atoms with Crippen LogP contribution in [-0.4, -0.2) is 17.4 Å². The number of carbonyl (C=O) groups excluding carboxylic acids is 1. The molecular weight excluding hydrogens is 333 g/mol. The van der Waals surface area contributed by atoms with Crippen LogP contribution in [-0.2, 0) is 0 Å². The molecule has 1 amide bonds. The van der Waals surface area contributed by atoms with E-state index in [0.717, 1.165) is 18.7 Å². The van der Waals surface area contributed by atoms with Crippen molar-refractivity contribution in [1.29, 1.82) is 0 Å². The summed E-state index contributed by atoms with van der Waals surface area (Å²) in [6, 6.07) is 6.86. The summed E-state index contributed by atoms with van der Waals surface area (Å²) < 4.78 is 0. The topological polar surface area (TPSA) is 54.0 Å². The summed E-state index contributed by atoms with van der Waals surface area (Å²) in [5.74, 6) is 0.334. The fourth-order valence-electron chi connectivity index (χ4n) is 1.96. The smallest absolute Gasteiger partial charge is 0.257 e. The zero-order valence-electron chi connectivity index (χ0n) is 13.1. The second-order valence-electron chi connectivity index (χ2n) is 5.63. The van der Waals surface area contributed by atoms with Crippen molar-refractivity contribution in [3.05, 3.63) is 52.3 Å². The van der Waals surface area contributed by atoms with E-state index < -0.39 is 0 Å². The average molecular weight is 352 g/mol. The number of hydrogen-bond donors (Lipinski definition) is 2. The van der Waals surface area contributed by atoms with E-state index in [1.165, 1.54) is 6.20 Å². The Hall–Kier alpha value is -1.78. The lowest BCUT2D eigenvalue weighted by Crippen LogP contribution is -2.13. The molecule has 1 aromatic heterocycles. The zero-order chi connectivity index (χ0) is 16.8. The summed E-state index contributed by atoms with van der Waals surface area (Å²) in [7, 11) is 0. The first-order valence-corrected chi connectivity index (χ1v) is 8.17. The minimum absolute atomic E-state index is 0.283. The van der Waals surface area contributed by atoms with E-state index in [2.05, 4.69) is 29.5 Å². The third-order valence-corrected chi connectivity index (χ3v) is 4.07. The molecule has 1 heterocycles. The Balaban J connectivity index is 2.06. The van der Waals surface area contributed by atoms with Gasteiger partial charge in [-0.25, -0.2) is 0 Å². The van der Waals surface area contributed by atoms with E-state index in [1.54, 1.807) is 30.5 Å².